The number of carbonyl (C=O) groups is 3. The maximum atomic E-state index is 12.8. The quantitative estimate of drug-likeness (QED) is 0.729. The van der Waals surface area contributed by atoms with Crippen LogP contribution in [0.15, 0.2) is 12.1 Å². The fourth-order valence-corrected chi connectivity index (χ4v) is 3.42. The van der Waals surface area contributed by atoms with Gasteiger partial charge in [0.05, 0.1) is 38.2 Å². The highest BCUT2D eigenvalue weighted by Gasteiger charge is 2.27. The van der Waals surface area contributed by atoms with Crippen molar-refractivity contribution in [1.29, 1.82) is 0 Å². The molecule has 0 aromatic heterocycles. The number of esters is 1. The maximum Gasteiger partial charge on any atom is 0.337 e. The Morgan fingerprint density at radius 1 is 1.22 bits per heavy atom. The molecule has 0 spiro atoms. The van der Waals surface area contributed by atoms with Crippen molar-refractivity contribution in [1.82, 2.24) is 4.90 Å². The Bertz CT molecular complexity index is 689. The van der Waals surface area contributed by atoms with E-state index in [0.29, 0.717) is 31.6 Å². The predicted molar refractivity (Wildman–Crippen MR) is 98.8 cm³/mol. The Hall–Kier alpha value is -2.41. The zero-order chi connectivity index (χ0) is 20.0. The molecule has 1 aromatic rings. The van der Waals surface area contributed by atoms with E-state index in [9.17, 15) is 14.4 Å². The highest BCUT2D eigenvalue weighted by atomic mass is 16.5. The average molecular weight is 377 g/mol. The fourth-order valence-electron chi connectivity index (χ4n) is 3.42. The lowest BCUT2D eigenvalue weighted by atomic mass is 9.92. The normalized spacial score (nSPS) is 16.9. The first-order valence-electron chi connectivity index (χ1n) is 9.23. The molecule has 1 N–H and O–H groups in total. The number of aliphatic carboxylic acids is 1. The van der Waals surface area contributed by atoms with E-state index in [1.54, 1.807) is 17.0 Å². The number of morpholine rings is 1. The van der Waals surface area contributed by atoms with Crippen LogP contribution in [0.1, 0.15) is 47.3 Å². The van der Waals surface area contributed by atoms with Crippen molar-refractivity contribution in [2.45, 2.75) is 45.6 Å². The molecule has 1 aliphatic heterocycles. The minimum atomic E-state index is -0.936. The molecule has 7 nitrogen and oxygen atoms in total. The topological polar surface area (TPSA) is 93.1 Å². The molecule has 0 aliphatic carbocycles. The summed E-state index contributed by atoms with van der Waals surface area (Å²) < 4.78 is 10.3. The molecule has 0 saturated carbocycles. The van der Waals surface area contributed by atoms with Gasteiger partial charge in [0.2, 0.25) is 5.91 Å². The van der Waals surface area contributed by atoms with Crippen molar-refractivity contribution >= 4 is 17.8 Å². The van der Waals surface area contributed by atoms with Gasteiger partial charge in [0.1, 0.15) is 0 Å². The van der Waals surface area contributed by atoms with Crippen LogP contribution in [0.25, 0.3) is 0 Å². The van der Waals surface area contributed by atoms with Gasteiger partial charge in [-0.2, -0.15) is 0 Å². The molecule has 1 saturated heterocycles. The number of hydrogen-bond donors (Lipinski definition) is 1. The number of rotatable bonds is 7. The van der Waals surface area contributed by atoms with E-state index < -0.39 is 12.1 Å². The van der Waals surface area contributed by atoms with Gasteiger partial charge in [-0.3, -0.25) is 9.59 Å². The number of nitrogens with zero attached hydrogens (tertiary/aromatic N) is 1. The largest absolute Gasteiger partial charge is 0.481 e. The summed E-state index contributed by atoms with van der Waals surface area (Å²) in [6.45, 7) is 5.06. The summed E-state index contributed by atoms with van der Waals surface area (Å²) in [4.78, 5) is 37.3. The van der Waals surface area contributed by atoms with Crippen LogP contribution in [0, 0.1) is 0 Å². The number of carbonyl (C=O) groups excluding carboxylic acids is 2. The number of methoxy groups -OCH3 is 1. The smallest absolute Gasteiger partial charge is 0.337 e. The van der Waals surface area contributed by atoms with Crippen LogP contribution in [0.5, 0.6) is 0 Å². The van der Waals surface area contributed by atoms with Gasteiger partial charge in [-0.15, -0.1) is 0 Å². The highest BCUT2D eigenvalue weighted by Crippen LogP contribution is 2.22. The molecule has 1 aliphatic rings. The van der Waals surface area contributed by atoms with Gasteiger partial charge in [0, 0.05) is 13.1 Å². The summed E-state index contributed by atoms with van der Waals surface area (Å²) in [5, 5.41) is 8.93. The number of aryl methyl sites for hydroxylation is 2. The second-order valence-corrected chi connectivity index (χ2v) is 6.58. The summed E-state index contributed by atoms with van der Waals surface area (Å²) in [6.07, 6.45) is 1.04. The number of hydrogen-bond acceptors (Lipinski definition) is 5. The van der Waals surface area contributed by atoms with Crippen LogP contribution >= 0.6 is 0 Å². The Morgan fingerprint density at radius 2 is 1.85 bits per heavy atom. The maximum absolute atomic E-state index is 12.8. The van der Waals surface area contributed by atoms with Crippen molar-refractivity contribution in [2.24, 2.45) is 0 Å². The highest BCUT2D eigenvalue weighted by molar-refractivity contribution is 5.90. The van der Waals surface area contributed by atoms with Gasteiger partial charge in [-0.25, -0.2) is 4.79 Å². The molecule has 1 unspecified atom stereocenters. The zero-order valence-corrected chi connectivity index (χ0v) is 16.1. The van der Waals surface area contributed by atoms with Crippen LogP contribution < -0.4 is 0 Å². The van der Waals surface area contributed by atoms with Crippen molar-refractivity contribution < 1.29 is 29.0 Å². The number of ether oxygens (including phenoxy) is 2. The first-order chi connectivity index (χ1) is 12.9. The van der Waals surface area contributed by atoms with Crippen LogP contribution in [-0.2, 0) is 38.3 Å². The summed E-state index contributed by atoms with van der Waals surface area (Å²) >= 11 is 0. The van der Waals surface area contributed by atoms with Crippen molar-refractivity contribution in [2.75, 3.05) is 26.8 Å². The number of amides is 1. The molecule has 1 aromatic carbocycles. The number of carboxylic acids is 1. The molecule has 1 amide bonds. The first-order valence-corrected chi connectivity index (χ1v) is 9.23. The molecular formula is C20H27NO6. The van der Waals surface area contributed by atoms with E-state index >= 15 is 0 Å². The number of carboxylic acid groups (broad SMARTS) is 1. The molecular weight excluding hydrogens is 350 g/mol. The van der Waals surface area contributed by atoms with Gasteiger partial charge in [0.15, 0.2) is 0 Å². The molecule has 0 radical (unpaired) electrons. The Morgan fingerprint density at radius 3 is 2.37 bits per heavy atom. The van der Waals surface area contributed by atoms with Crippen molar-refractivity contribution in [3.8, 4) is 0 Å². The second kappa shape index (κ2) is 9.50. The molecule has 2 rings (SSSR count). The molecule has 148 valence electrons. The van der Waals surface area contributed by atoms with E-state index in [2.05, 4.69) is 0 Å². The summed E-state index contributed by atoms with van der Waals surface area (Å²) in [7, 11) is 1.35. The first kappa shape index (κ1) is 20.9. The molecule has 1 heterocycles. The van der Waals surface area contributed by atoms with E-state index in [4.69, 9.17) is 14.6 Å². The third-order valence-electron chi connectivity index (χ3n) is 4.84. The second-order valence-electron chi connectivity index (χ2n) is 6.58. The van der Waals surface area contributed by atoms with Crippen LogP contribution in [0.4, 0.5) is 0 Å². The van der Waals surface area contributed by atoms with E-state index in [0.717, 1.165) is 16.7 Å². The third kappa shape index (κ3) is 5.29. The van der Waals surface area contributed by atoms with E-state index in [1.165, 1.54) is 7.11 Å². The monoisotopic (exact) mass is 377 g/mol. The van der Waals surface area contributed by atoms with Gasteiger partial charge in [-0.05, 0) is 41.7 Å². The minimum absolute atomic E-state index is 0.0519. The molecule has 1 fully saturated rings. The Balaban J connectivity index is 2.21. The third-order valence-corrected chi connectivity index (χ3v) is 4.84. The van der Waals surface area contributed by atoms with Gasteiger partial charge in [-0.1, -0.05) is 13.8 Å². The lowest BCUT2D eigenvalue weighted by Gasteiger charge is -2.32. The van der Waals surface area contributed by atoms with E-state index in [-0.39, 0.29) is 31.3 Å². The molecule has 7 heteroatoms. The Kier molecular flexibility index (Phi) is 7.36. The predicted octanol–water partition coefficient (Wildman–Crippen LogP) is 1.84. The summed E-state index contributed by atoms with van der Waals surface area (Å²) in [6, 6.07) is 3.58. The SMILES string of the molecule is CCc1cc(C(=O)OC)cc(CC)c1CC(=O)N1CCOC(CC(=O)O)C1. The lowest BCUT2D eigenvalue weighted by Crippen LogP contribution is -2.47. The Labute approximate surface area is 159 Å². The lowest BCUT2D eigenvalue weighted by molar-refractivity contribution is -0.147. The van der Waals surface area contributed by atoms with E-state index in [1.807, 2.05) is 13.8 Å². The number of benzene rings is 1. The van der Waals surface area contributed by atoms with Gasteiger partial charge in [0.25, 0.3) is 0 Å². The van der Waals surface area contributed by atoms with Crippen LogP contribution in [-0.4, -0.2) is 60.8 Å². The van der Waals surface area contributed by atoms with Crippen molar-refractivity contribution in [3.63, 3.8) is 0 Å². The fraction of sp³-hybridized carbons (Fsp3) is 0.550. The minimum Gasteiger partial charge on any atom is -0.481 e. The molecule has 27 heavy (non-hydrogen) atoms. The molecule has 1 atom stereocenters. The van der Waals surface area contributed by atoms with Gasteiger partial charge >= 0.3 is 11.9 Å². The average Bonchev–Trinajstić information content (AvgIpc) is 2.66. The van der Waals surface area contributed by atoms with Crippen LogP contribution in [0.2, 0.25) is 0 Å². The summed E-state index contributed by atoms with van der Waals surface area (Å²) in [5.74, 6) is -1.37. The van der Waals surface area contributed by atoms with Crippen molar-refractivity contribution in [3.05, 3.63) is 34.4 Å². The van der Waals surface area contributed by atoms with Crippen LogP contribution in [0.3, 0.4) is 0 Å². The standard InChI is InChI=1S/C20H27NO6/c1-4-13-8-15(20(25)26-3)9-14(5-2)17(13)11-18(22)21-6-7-27-16(12-21)10-19(23)24/h8-9,16H,4-7,10-12H2,1-3H3,(H,23,24). The summed E-state index contributed by atoms with van der Waals surface area (Å²) in [5.41, 5.74) is 3.35. The zero-order valence-electron chi connectivity index (χ0n) is 16.1. The van der Waals surface area contributed by atoms with Gasteiger partial charge < -0.3 is 19.5 Å². The molecule has 0 bridgehead atoms.